The highest BCUT2D eigenvalue weighted by Crippen LogP contribution is 2.31. The molecule has 0 amide bonds. The number of nitrogens with zero attached hydrogens (tertiary/aromatic N) is 2. The highest BCUT2D eigenvalue weighted by Gasteiger charge is 2.11. The van der Waals surface area contributed by atoms with Crippen LogP contribution in [0, 0.1) is 0 Å². The third-order valence-corrected chi connectivity index (χ3v) is 3.81. The summed E-state index contributed by atoms with van der Waals surface area (Å²) in [5, 5.41) is 12.3. The summed E-state index contributed by atoms with van der Waals surface area (Å²) in [5.41, 5.74) is 1.78. The summed E-state index contributed by atoms with van der Waals surface area (Å²) in [6.07, 6.45) is 3.40. The molecule has 3 rings (SSSR count). The zero-order valence-corrected chi connectivity index (χ0v) is 12.9. The Kier molecular flexibility index (Phi) is 5.51. The van der Waals surface area contributed by atoms with Crippen molar-refractivity contribution >= 4 is 51.5 Å². The van der Waals surface area contributed by atoms with Gasteiger partial charge in [-0.05, 0) is 23.7 Å². The second-order valence-corrected chi connectivity index (χ2v) is 5.17. The fraction of sp³-hybridized carbons (Fsp3) is 0.0714. The zero-order chi connectivity index (χ0) is 15.9. The van der Waals surface area contributed by atoms with Crippen LogP contribution < -0.4 is 5.32 Å². The standard InChI is InChI=1S/C13H10ClN3OS.CH2O2/c1-2-8-7-19-11-10(8)16-13(14)17-12(11)15-6-9-4-3-5-18-9;2-1-3/h2-5,7H,1,6H2,(H,15,16,17);1H,(H,2,3). The number of hydrogen-bond donors (Lipinski definition) is 2. The normalized spacial score (nSPS) is 9.86. The second kappa shape index (κ2) is 7.58. The maximum Gasteiger partial charge on any atom is 0.290 e. The molecule has 8 heteroatoms. The predicted octanol–water partition coefficient (Wildman–Crippen LogP) is 3.89. The van der Waals surface area contributed by atoms with Gasteiger partial charge in [0.2, 0.25) is 5.28 Å². The Labute approximate surface area is 135 Å². The largest absolute Gasteiger partial charge is 0.483 e. The molecular formula is C14H12ClN3O3S. The summed E-state index contributed by atoms with van der Waals surface area (Å²) in [6.45, 7) is 4.07. The minimum absolute atomic E-state index is 0.218. The number of anilines is 1. The molecule has 0 saturated heterocycles. The van der Waals surface area contributed by atoms with Crippen molar-refractivity contribution in [2.45, 2.75) is 6.54 Å². The number of aromatic nitrogens is 2. The van der Waals surface area contributed by atoms with E-state index in [4.69, 9.17) is 25.9 Å². The molecule has 6 nitrogen and oxygen atoms in total. The first-order chi connectivity index (χ1) is 10.7. The molecule has 0 radical (unpaired) electrons. The Morgan fingerprint density at radius 3 is 2.91 bits per heavy atom. The van der Waals surface area contributed by atoms with Crippen LogP contribution in [0.2, 0.25) is 5.28 Å². The highest BCUT2D eigenvalue weighted by atomic mass is 35.5. The summed E-state index contributed by atoms with van der Waals surface area (Å²) < 4.78 is 6.24. The first-order valence-corrected chi connectivity index (χ1v) is 7.36. The molecule has 0 atom stereocenters. The topological polar surface area (TPSA) is 88.3 Å². The third kappa shape index (κ3) is 3.63. The van der Waals surface area contributed by atoms with Gasteiger partial charge in [-0.25, -0.2) is 4.98 Å². The summed E-state index contributed by atoms with van der Waals surface area (Å²) >= 11 is 7.52. The Morgan fingerprint density at radius 1 is 1.50 bits per heavy atom. The van der Waals surface area contributed by atoms with Crippen molar-refractivity contribution in [3.63, 3.8) is 0 Å². The smallest absolute Gasteiger partial charge is 0.290 e. The van der Waals surface area contributed by atoms with Crippen molar-refractivity contribution in [2.75, 3.05) is 5.32 Å². The quantitative estimate of drug-likeness (QED) is 0.554. The van der Waals surface area contributed by atoms with E-state index in [1.54, 1.807) is 23.7 Å². The van der Waals surface area contributed by atoms with E-state index in [1.807, 2.05) is 17.5 Å². The number of fused-ring (bicyclic) bond motifs is 1. The fourth-order valence-electron chi connectivity index (χ4n) is 1.76. The van der Waals surface area contributed by atoms with Gasteiger partial charge in [0.15, 0.2) is 0 Å². The second-order valence-electron chi connectivity index (χ2n) is 3.95. The SMILES string of the molecule is C=Cc1csc2c(NCc3ccco3)nc(Cl)nc12.O=CO. The van der Waals surface area contributed by atoms with Gasteiger partial charge >= 0.3 is 0 Å². The highest BCUT2D eigenvalue weighted by molar-refractivity contribution is 7.18. The molecule has 0 spiro atoms. The third-order valence-electron chi connectivity index (χ3n) is 2.65. The average Bonchev–Trinajstić information content (AvgIpc) is 3.14. The van der Waals surface area contributed by atoms with Crippen molar-refractivity contribution in [3.05, 3.63) is 47.0 Å². The van der Waals surface area contributed by atoms with Gasteiger partial charge in [-0.2, -0.15) is 4.98 Å². The molecule has 0 saturated carbocycles. The van der Waals surface area contributed by atoms with Crippen LogP contribution in [-0.4, -0.2) is 21.5 Å². The number of carbonyl (C=O) groups is 1. The van der Waals surface area contributed by atoms with Gasteiger partial charge in [-0.15, -0.1) is 11.3 Å². The van der Waals surface area contributed by atoms with Gasteiger partial charge in [0.25, 0.3) is 6.47 Å². The van der Waals surface area contributed by atoms with Gasteiger partial charge in [0, 0.05) is 10.9 Å². The molecule has 0 aliphatic heterocycles. The molecule has 0 fully saturated rings. The summed E-state index contributed by atoms with van der Waals surface area (Å²) in [4.78, 5) is 16.8. The zero-order valence-electron chi connectivity index (χ0n) is 11.3. The van der Waals surface area contributed by atoms with Crippen molar-refractivity contribution in [1.82, 2.24) is 9.97 Å². The van der Waals surface area contributed by atoms with Gasteiger partial charge in [-0.3, -0.25) is 4.79 Å². The first-order valence-electron chi connectivity index (χ1n) is 6.11. The lowest BCUT2D eigenvalue weighted by molar-refractivity contribution is -0.122. The Balaban J connectivity index is 0.000000545. The number of furan rings is 1. The average molecular weight is 338 g/mol. The predicted molar refractivity (Wildman–Crippen MR) is 87.2 cm³/mol. The molecule has 3 aromatic rings. The van der Waals surface area contributed by atoms with Crippen LogP contribution in [0.3, 0.4) is 0 Å². The number of halogens is 1. The lowest BCUT2D eigenvalue weighted by Crippen LogP contribution is -2.01. The van der Waals surface area contributed by atoms with Crippen LogP contribution in [0.4, 0.5) is 5.82 Å². The van der Waals surface area contributed by atoms with Crippen LogP contribution in [0.1, 0.15) is 11.3 Å². The molecule has 0 unspecified atom stereocenters. The Bertz CT molecular complexity index is 771. The molecule has 0 aromatic carbocycles. The van der Waals surface area contributed by atoms with Gasteiger partial charge < -0.3 is 14.8 Å². The molecule has 114 valence electrons. The molecule has 0 aliphatic rings. The molecule has 0 bridgehead atoms. The van der Waals surface area contributed by atoms with E-state index in [9.17, 15) is 0 Å². The van der Waals surface area contributed by atoms with Crippen LogP contribution in [0.5, 0.6) is 0 Å². The summed E-state index contributed by atoms with van der Waals surface area (Å²) in [7, 11) is 0. The lowest BCUT2D eigenvalue weighted by Gasteiger charge is -2.05. The maximum absolute atomic E-state index is 8.36. The maximum atomic E-state index is 8.36. The van der Waals surface area contributed by atoms with Crippen LogP contribution in [0.25, 0.3) is 16.3 Å². The summed E-state index contributed by atoms with van der Waals surface area (Å²) in [6, 6.07) is 3.75. The molecule has 22 heavy (non-hydrogen) atoms. The Morgan fingerprint density at radius 2 is 2.27 bits per heavy atom. The van der Waals surface area contributed by atoms with Gasteiger partial charge in [0.05, 0.1) is 23.0 Å². The van der Waals surface area contributed by atoms with Gasteiger partial charge in [-0.1, -0.05) is 12.7 Å². The van der Waals surface area contributed by atoms with Crippen molar-refractivity contribution in [2.24, 2.45) is 0 Å². The number of nitrogens with one attached hydrogen (secondary N) is 1. The number of thiophene rings is 1. The monoisotopic (exact) mass is 337 g/mol. The molecule has 0 aliphatic carbocycles. The Hall–Kier alpha value is -2.38. The van der Waals surface area contributed by atoms with Crippen LogP contribution in [0.15, 0.2) is 34.8 Å². The van der Waals surface area contributed by atoms with Crippen LogP contribution >= 0.6 is 22.9 Å². The summed E-state index contributed by atoms with van der Waals surface area (Å²) in [5.74, 6) is 1.55. The van der Waals surface area contributed by atoms with Crippen molar-refractivity contribution in [1.29, 1.82) is 0 Å². The van der Waals surface area contributed by atoms with Crippen molar-refractivity contribution < 1.29 is 14.3 Å². The molecular weight excluding hydrogens is 326 g/mol. The fourth-order valence-corrected chi connectivity index (χ4v) is 2.88. The van der Waals surface area contributed by atoms with Gasteiger partial charge in [0.1, 0.15) is 11.6 Å². The van der Waals surface area contributed by atoms with E-state index in [0.717, 1.165) is 21.5 Å². The first kappa shape index (κ1) is 16.0. The number of rotatable bonds is 4. The van der Waals surface area contributed by atoms with E-state index < -0.39 is 0 Å². The van der Waals surface area contributed by atoms with E-state index in [1.165, 1.54) is 0 Å². The number of carboxylic acid groups (broad SMARTS) is 1. The van der Waals surface area contributed by atoms with Crippen LogP contribution in [-0.2, 0) is 11.3 Å². The molecule has 2 N–H and O–H groups in total. The van der Waals surface area contributed by atoms with Crippen molar-refractivity contribution in [3.8, 4) is 0 Å². The van der Waals surface area contributed by atoms with E-state index in [-0.39, 0.29) is 11.8 Å². The van der Waals surface area contributed by atoms with E-state index in [2.05, 4.69) is 21.9 Å². The molecule has 3 aromatic heterocycles. The minimum Gasteiger partial charge on any atom is -0.483 e. The number of hydrogen-bond acceptors (Lipinski definition) is 6. The van der Waals surface area contributed by atoms with E-state index in [0.29, 0.717) is 12.4 Å². The molecule has 3 heterocycles. The minimum atomic E-state index is -0.250. The van der Waals surface area contributed by atoms with E-state index >= 15 is 0 Å². The lowest BCUT2D eigenvalue weighted by atomic mass is 10.3.